The number of carbonyl (C=O) groups is 2. The number of rotatable bonds is 7. The van der Waals surface area contributed by atoms with Gasteiger partial charge in [-0.25, -0.2) is 0 Å². The van der Waals surface area contributed by atoms with Crippen molar-refractivity contribution in [1.29, 1.82) is 0 Å². The molecule has 7 heteroatoms. The molecule has 0 radical (unpaired) electrons. The lowest BCUT2D eigenvalue weighted by Gasteiger charge is -2.15. The van der Waals surface area contributed by atoms with Crippen LogP contribution in [0.2, 0.25) is 0 Å². The molecule has 0 spiro atoms. The quantitative estimate of drug-likeness (QED) is 0.775. The van der Waals surface area contributed by atoms with Crippen LogP contribution in [-0.4, -0.2) is 30.2 Å². The van der Waals surface area contributed by atoms with E-state index in [-0.39, 0.29) is 6.42 Å². The minimum atomic E-state index is -0.915. The van der Waals surface area contributed by atoms with E-state index in [2.05, 4.69) is 10.5 Å². The van der Waals surface area contributed by atoms with Gasteiger partial charge >= 0.3 is 5.97 Å². The summed E-state index contributed by atoms with van der Waals surface area (Å²) in [5.74, 6) is 0.345. The topological polar surface area (TPSA) is 90.7 Å². The van der Waals surface area contributed by atoms with Crippen molar-refractivity contribution in [2.24, 2.45) is 0 Å². The maximum Gasteiger partial charge on any atom is 0.306 e. The second-order valence-corrected chi connectivity index (χ2v) is 5.62. The summed E-state index contributed by atoms with van der Waals surface area (Å²) in [6.07, 6.45) is -0.308. The third kappa shape index (κ3) is 4.82. The molecule has 1 aromatic heterocycles. The molecule has 1 aromatic carbocycles. The van der Waals surface area contributed by atoms with E-state index in [1.54, 1.807) is 31.2 Å². The summed E-state index contributed by atoms with van der Waals surface area (Å²) in [6.45, 7) is 5.14. The number of methoxy groups -OCH3 is 1. The van der Waals surface area contributed by atoms with Crippen LogP contribution in [0.1, 0.15) is 30.4 Å². The fraction of sp³-hybridized carbons (Fsp3) is 0.389. The number of carbonyl (C=O) groups excluding carboxylic acids is 2. The predicted molar refractivity (Wildman–Crippen MR) is 91.5 cm³/mol. The van der Waals surface area contributed by atoms with E-state index in [1.165, 1.54) is 14.0 Å². The van der Waals surface area contributed by atoms with Gasteiger partial charge in [-0.1, -0.05) is 17.3 Å². The number of anilines is 1. The molecule has 134 valence electrons. The Hall–Kier alpha value is -2.83. The zero-order valence-electron chi connectivity index (χ0n) is 14.8. The lowest BCUT2D eigenvalue weighted by Crippen LogP contribution is -2.30. The molecule has 1 heterocycles. The highest BCUT2D eigenvalue weighted by Gasteiger charge is 2.20. The average Bonchev–Trinajstić information content (AvgIpc) is 2.91. The molecule has 2 rings (SSSR count). The molecule has 1 atom stereocenters. The summed E-state index contributed by atoms with van der Waals surface area (Å²) in [6, 6.07) is 7.02. The molecule has 1 unspecified atom stereocenters. The van der Waals surface area contributed by atoms with Crippen molar-refractivity contribution >= 4 is 17.6 Å². The lowest BCUT2D eigenvalue weighted by molar-refractivity contribution is -0.153. The van der Waals surface area contributed by atoms with Gasteiger partial charge < -0.3 is 19.3 Å². The van der Waals surface area contributed by atoms with Gasteiger partial charge in [0.2, 0.25) is 0 Å². The molecular weight excluding hydrogens is 324 g/mol. The number of aryl methyl sites for hydroxylation is 2. The van der Waals surface area contributed by atoms with E-state index >= 15 is 0 Å². The maximum absolute atomic E-state index is 12.2. The van der Waals surface area contributed by atoms with Crippen molar-refractivity contribution in [2.45, 2.75) is 39.7 Å². The van der Waals surface area contributed by atoms with Gasteiger partial charge in [0.05, 0.1) is 18.5 Å². The van der Waals surface area contributed by atoms with E-state index in [0.717, 1.165) is 11.3 Å². The highest BCUT2D eigenvalue weighted by atomic mass is 16.5. The van der Waals surface area contributed by atoms with Crippen molar-refractivity contribution in [3.8, 4) is 5.75 Å². The van der Waals surface area contributed by atoms with Crippen LogP contribution in [0.5, 0.6) is 5.75 Å². The van der Waals surface area contributed by atoms with Gasteiger partial charge in [0.25, 0.3) is 5.91 Å². The molecule has 1 amide bonds. The molecule has 2 aromatic rings. The monoisotopic (exact) mass is 346 g/mol. The van der Waals surface area contributed by atoms with Crippen LogP contribution in [0.25, 0.3) is 0 Å². The smallest absolute Gasteiger partial charge is 0.306 e. The fourth-order valence-corrected chi connectivity index (χ4v) is 2.38. The molecule has 0 aliphatic heterocycles. The number of nitrogens with one attached hydrogen (secondary N) is 1. The number of hydrogen-bond acceptors (Lipinski definition) is 6. The Kier molecular flexibility index (Phi) is 6.16. The third-order valence-electron chi connectivity index (χ3n) is 3.80. The Morgan fingerprint density at radius 1 is 1.28 bits per heavy atom. The summed E-state index contributed by atoms with van der Waals surface area (Å²) in [5.41, 5.74) is 2.17. The van der Waals surface area contributed by atoms with E-state index < -0.39 is 18.0 Å². The van der Waals surface area contributed by atoms with Crippen LogP contribution in [0, 0.1) is 13.8 Å². The highest BCUT2D eigenvalue weighted by molar-refractivity contribution is 5.96. The van der Waals surface area contributed by atoms with Crippen molar-refractivity contribution in [1.82, 2.24) is 5.16 Å². The molecule has 0 fully saturated rings. The van der Waals surface area contributed by atoms with E-state index in [4.69, 9.17) is 14.0 Å². The van der Waals surface area contributed by atoms with Crippen LogP contribution >= 0.6 is 0 Å². The Morgan fingerprint density at radius 2 is 2.00 bits per heavy atom. The average molecular weight is 346 g/mol. The molecule has 1 N–H and O–H groups in total. The van der Waals surface area contributed by atoms with Crippen LogP contribution in [0.4, 0.5) is 5.69 Å². The second kappa shape index (κ2) is 8.32. The Balaban J connectivity index is 1.87. The Labute approximate surface area is 146 Å². The predicted octanol–water partition coefficient (Wildman–Crippen LogP) is 2.80. The number of amides is 1. The van der Waals surface area contributed by atoms with Crippen molar-refractivity contribution in [3.05, 3.63) is 41.3 Å². The number of para-hydroxylation sites is 2. The second-order valence-electron chi connectivity index (χ2n) is 5.62. The van der Waals surface area contributed by atoms with Crippen molar-refractivity contribution in [3.63, 3.8) is 0 Å². The molecule has 0 aliphatic carbocycles. The first-order chi connectivity index (χ1) is 11.9. The largest absolute Gasteiger partial charge is 0.495 e. The number of hydrogen-bond donors (Lipinski definition) is 1. The number of nitrogens with zero attached hydrogens (tertiary/aromatic N) is 1. The Bertz CT molecular complexity index is 734. The fourth-order valence-electron chi connectivity index (χ4n) is 2.38. The first-order valence-electron chi connectivity index (χ1n) is 7.97. The van der Waals surface area contributed by atoms with Crippen LogP contribution in [0.3, 0.4) is 0 Å². The normalized spacial score (nSPS) is 11.7. The number of aromatic nitrogens is 1. The first kappa shape index (κ1) is 18.5. The molecule has 25 heavy (non-hydrogen) atoms. The molecule has 0 bridgehead atoms. The van der Waals surface area contributed by atoms with Gasteiger partial charge in [0, 0.05) is 12.0 Å². The van der Waals surface area contributed by atoms with Gasteiger partial charge in [0.1, 0.15) is 11.5 Å². The molecule has 0 saturated carbocycles. The molecule has 0 aliphatic rings. The van der Waals surface area contributed by atoms with Gasteiger partial charge in [-0.05, 0) is 39.3 Å². The maximum atomic E-state index is 12.2. The van der Waals surface area contributed by atoms with E-state index in [9.17, 15) is 9.59 Å². The summed E-state index contributed by atoms with van der Waals surface area (Å²) < 4.78 is 15.4. The van der Waals surface area contributed by atoms with Gasteiger partial charge in [-0.3, -0.25) is 9.59 Å². The number of benzene rings is 1. The number of ether oxygens (including phenoxy) is 2. The SMILES string of the molecule is COc1ccccc1NC(=O)C(C)OC(=O)CCc1c(C)noc1C. The Morgan fingerprint density at radius 3 is 2.64 bits per heavy atom. The van der Waals surface area contributed by atoms with Gasteiger partial charge in [-0.15, -0.1) is 0 Å². The highest BCUT2D eigenvalue weighted by Crippen LogP contribution is 2.23. The van der Waals surface area contributed by atoms with E-state index in [0.29, 0.717) is 23.6 Å². The lowest BCUT2D eigenvalue weighted by atomic mass is 10.1. The first-order valence-corrected chi connectivity index (χ1v) is 7.97. The van der Waals surface area contributed by atoms with Crippen LogP contribution < -0.4 is 10.1 Å². The van der Waals surface area contributed by atoms with Gasteiger partial charge in [0.15, 0.2) is 6.10 Å². The minimum Gasteiger partial charge on any atom is -0.495 e. The third-order valence-corrected chi connectivity index (χ3v) is 3.80. The summed E-state index contributed by atoms with van der Waals surface area (Å²) >= 11 is 0. The molecular formula is C18H22N2O5. The summed E-state index contributed by atoms with van der Waals surface area (Å²) in [5, 5.41) is 6.53. The van der Waals surface area contributed by atoms with E-state index in [1.807, 2.05) is 6.92 Å². The van der Waals surface area contributed by atoms with Crippen molar-refractivity contribution in [2.75, 3.05) is 12.4 Å². The van der Waals surface area contributed by atoms with Crippen LogP contribution in [0.15, 0.2) is 28.8 Å². The van der Waals surface area contributed by atoms with Gasteiger partial charge in [-0.2, -0.15) is 0 Å². The molecule has 7 nitrogen and oxygen atoms in total. The van der Waals surface area contributed by atoms with Crippen molar-refractivity contribution < 1.29 is 23.6 Å². The number of esters is 1. The molecule has 0 saturated heterocycles. The zero-order chi connectivity index (χ0) is 18.4. The van der Waals surface area contributed by atoms with Crippen LogP contribution in [-0.2, 0) is 20.7 Å². The minimum absolute atomic E-state index is 0.148. The standard InChI is InChI=1S/C18H22N2O5/c1-11-14(12(2)25-20-11)9-10-17(21)24-13(3)18(22)19-15-7-5-6-8-16(15)23-4/h5-8,13H,9-10H2,1-4H3,(H,19,22). The summed E-state index contributed by atoms with van der Waals surface area (Å²) in [7, 11) is 1.52. The summed E-state index contributed by atoms with van der Waals surface area (Å²) in [4.78, 5) is 24.2. The zero-order valence-corrected chi connectivity index (χ0v) is 14.8.